The maximum atomic E-state index is 16.3. The Balaban J connectivity index is 1.37. The normalized spacial score (nSPS) is 19.2. The number of fused-ring (bicyclic) bond motifs is 2. The van der Waals surface area contributed by atoms with Gasteiger partial charge in [0.25, 0.3) is 0 Å². The summed E-state index contributed by atoms with van der Waals surface area (Å²) in [5, 5.41) is 6.33. The van der Waals surface area contributed by atoms with Crippen LogP contribution in [0.3, 0.4) is 0 Å². The molecule has 2 saturated heterocycles. The summed E-state index contributed by atoms with van der Waals surface area (Å²) in [5.74, 6) is 3.52. The SMILES string of the molecule is C#Cc1ccc(COc2c(-c3c(C)c(F)cc4c3cnn4C3CCCCO3)c(C3CC3)cc3c(OC(C)(C)C)nc(OC[C@H]4CCCO4)nc23)cc1. The van der Waals surface area contributed by atoms with E-state index in [1.165, 1.54) is 0 Å². The van der Waals surface area contributed by atoms with Gasteiger partial charge in [0.05, 0.1) is 23.2 Å². The zero-order chi connectivity index (χ0) is 36.0. The van der Waals surface area contributed by atoms with Gasteiger partial charge in [-0.1, -0.05) is 18.1 Å². The molecule has 1 saturated carbocycles. The fraction of sp³-hybridized carbons (Fsp3) is 0.452. The lowest BCUT2D eigenvalue weighted by molar-refractivity contribution is -0.0366. The molecule has 3 aromatic carbocycles. The van der Waals surface area contributed by atoms with Gasteiger partial charge in [-0.3, -0.25) is 0 Å². The second-order valence-electron chi connectivity index (χ2n) is 15.1. The Morgan fingerprint density at radius 3 is 2.44 bits per heavy atom. The van der Waals surface area contributed by atoms with Gasteiger partial charge in [0.15, 0.2) is 12.0 Å². The van der Waals surface area contributed by atoms with Crippen LogP contribution in [0.2, 0.25) is 0 Å². The van der Waals surface area contributed by atoms with Gasteiger partial charge in [0, 0.05) is 41.4 Å². The van der Waals surface area contributed by atoms with Crippen LogP contribution in [-0.2, 0) is 16.1 Å². The molecule has 9 nitrogen and oxygen atoms in total. The first-order valence-electron chi connectivity index (χ1n) is 18.5. The smallest absolute Gasteiger partial charge is 0.320 e. The summed E-state index contributed by atoms with van der Waals surface area (Å²) in [6.07, 6.45) is 13.9. The van der Waals surface area contributed by atoms with Crippen LogP contribution < -0.4 is 14.2 Å². The van der Waals surface area contributed by atoms with E-state index in [0.717, 1.165) is 78.1 Å². The van der Waals surface area contributed by atoms with E-state index in [1.54, 1.807) is 6.07 Å². The predicted octanol–water partition coefficient (Wildman–Crippen LogP) is 8.97. The number of halogens is 1. The summed E-state index contributed by atoms with van der Waals surface area (Å²) >= 11 is 0. The van der Waals surface area contributed by atoms with Crippen molar-refractivity contribution in [2.24, 2.45) is 0 Å². The summed E-state index contributed by atoms with van der Waals surface area (Å²) in [5.41, 5.74) is 5.43. The van der Waals surface area contributed by atoms with E-state index in [-0.39, 0.29) is 36.7 Å². The van der Waals surface area contributed by atoms with E-state index >= 15 is 4.39 Å². The van der Waals surface area contributed by atoms with Crippen molar-refractivity contribution in [2.45, 2.75) is 103 Å². The van der Waals surface area contributed by atoms with E-state index in [9.17, 15) is 0 Å². The Morgan fingerprint density at radius 2 is 1.75 bits per heavy atom. The molecule has 1 unspecified atom stereocenters. The Hall–Kier alpha value is -4.72. The van der Waals surface area contributed by atoms with Gasteiger partial charge >= 0.3 is 6.01 Å². The number of nitrogens with zero attached hydrogens (tertiary/aromatic N) is 4. The van der Waals surface area contributed by atoms with E-state index < -0.39 is 5.60 Å². The molecule has 0 radical (unpaired) electrons. The Morgan fingerprint density at radius 1 is 0.942 bits per heavy atom. The highest BCUT2D eigenvalue weighted by molar-refractivity contribution is 6.05. The minimum absolute atomic E-state index is 0.0336. The Bertz CT molecular complexity index is 2150. The van der Waals surface area contributed by atoms with Crippen LogP contribution in [0.4, 0.5) is 4.39 Å². The maximum Gasteiger partial charge on any atom is 0.320 e. The van der Waals surface area contributed by atoms with E-state index in [0.29, 0.717) is 53.4 Å². The number of rotatable bonds is 10. The minimum atomic E-state index is -0.563. The molecule has 8 rings (SSSR count). The van der Waals surface area contributed by atoms with Gasteiger partial charge in [0.1, 0.15) is 30.1 Å². The van der Waals surface area contributed by atoms with E-state index in [2.05, 4.69) is 12.0 Å². The Labute approximate surface area is 303 Å². The molecule has 4 heterocycles. The Kier molecular flexibility index (Phi) is 9.26. The lowest BCUT2D eigenvalue weighted by atomic mass is 9.88. The van der Waals surface area contributed by atoms with Gasteiger partial charge in [0.2, 0.25) is 5.88 Å². The molecule has 5 aromatic rings. The van der Waals surface area contributed by atoms with Crippen molar-refractivity contribution >= 4 is 21.8 Å². The van der Waals surface area contributed by atoms with E-state index in [4.69, 9.17) is 45.2 Å². The average molecular weight is 705 g/mol. The maximum absolute atomic E-state index is 16.3. The second kappa shape index (κ2) is 14.0. The highest BCUT2D eigenvalue weighted by Gasteiger charge is 2.34. The number of hydrogen-bond donors (Lipinski definition) is 0. The fourth-order valence-corrected chi connectivity index (χ4v) is 7.28. The number of benzene rings is 3. The zero-order valence-corrected chi connectivity index (χ0v) is 30.3. The molecule has 2 atom stereocenters. The van der Waals surface area contributed by atoms with Crippen LogP contribution in [0.1, 0.15) is 100 Å². The molecule has 52 heavy (non-hydrogen) atoms. The third-order valence-electron chi connectivity index (χ3n) is 10.0. The summed E-state index contributed by atoms with van der Waals surface area (Å²) in [4.78, 5) is 9.84. The molecular formula is C42H45FN4O5. The van der Waals surface area contributed by atoms with Crippen LogP contribution in [-0.4, -0.2) is 51.3 Å². The quantitative estimate of drug-likeness (QED) is 0.133. The van der Waals surface area contributed by atoms with Crippen molar-refractivity contribution in [2.75, 3.05) is 19.8 Å². The van der Waals surface area contributed by atoms with E-state index in [1.807, 2.05) is 62.8 Å². The van der Waals surface area contributed by atoms with Crippen molar-refractivity contribution in [3.63, 3.8) is 0 Å². The van der Waals surface area contributed by atoms with Gasteiger partial charge in [-0.25, -0.2) is 9.07 Å². The number of aromatic nitrogens is 4. The summed E-state index contributed by atoms with van der Waals surface area (Å²) in [6, 6.07) is 11.6. The van der Waals surface area contributed by atoms with Crippen molar-refractivity contribution in [3.8, 4) is 41.1 Å². The first-order valence-corrected chi connectivity index (χ1v) is 18.5. The highest BCUT2D eigenvalue weighted by atomic mass is 19.1. The summed E-state index contributed by atoms with van der Waals surface area (Å²) in [6.45, 7) is 9.69. The fourth-order valence-electron chi connectivity index (χ4n) is 7.28. The molecule has 0 amide bonds. The lowest BCUT2D eigenvalue weighted by Gasteiger charge is -2.25. The molecule has 0 bridgehead atoms. The highest BCUT2D eigenvalue weighted by Crippen LogP contribution is 2.53. The molecule has 3 aliphatic rings. The summed E-state index contributed by atoms with van der Waals surface area (Å²) < 4.78 is 49.7. The van der Waals surface area contributed by atoms with Crippen LogP contribution in [0.5, 0.6) is 17.6 Å². The van der Waals surface area contributed by atoms with Crippen LogP contribution in [0.15, 0.2) is 42.6 Å². The third kappa shape index (κ3) is 6.92. The predicted molar refractivity (Wildman–Crippen MR) is 197 cm³/mol. The first kappa shape index (κ1) is 34.4. The van der Waals surface area contributed by atoms with Gasteiger partial charge in [-0.2, -0.15) is 15.1 Å². The number of ether oxygens (including phenoxy) is 5. The van der Waals surface area contributed by atoms with Crippen LogP contribution >= 0.6 is 0 Å². The minimum Gasteiger partial charge on any atom is -0.486 e. The molecule has 0 spiro atoms. The van der Waals surface area contributed by atoms with Crippen LogP contribution in [0, 0.1) is 25.1 Å². The van der Waals surface area contributed by atoms with Crippen molar-refractivity contribution in [3.05, 3.63) is 70.7 Å². The van der Waals surface area contributed by atoms with Crippen molar-refractivity contribution < 1.29 is 28.1 Å². The molecule has 2 aliphatic heterocycles. The van der Waals surface area contributed by atoms with Crippen molar-refractivity contribution in [1.82, 2.24) is 19.7 Å². The van der Waals surface area contributed by atoms with Gasteiger partial charge < -0.3 is 23.7 Å². The molecule has 10 heteroatoms. The standard InChI is InChI=1S/C42H45FN4O5/c1-6-26-12-14-27(15-13-26)23-50-39-37(36-25(2)33(43)21-34-32(36)22-44-47(34)35-11-7-8-18-49-35)30(28-16-17-28)20-31-38(39)45-41(46-40(31)52-42(3,4)5)51-24-29-10-9-19-48-29/h1,12-15,20-22,28-29,35H,7-11,16-19,23-24H2,2-5H3/t29-,35?/m1/s1. The monoisotopic (exact) mass is 704 g/mol. The van der Waals surface area contributed by atoms with Gasteiger partial charge in [-0.05, 0) is 113 Å². The van der Waals surface area contributed by atoms with Gasteiger partial charge in [-0.15, -0.1) is 6.42 Å². The first-order chi connectivity index (χ1) is 25.2. The average Bonchev–Trinajstić information content (AvgIpc) is 3.69. The van der Waals surface area contributed by atoms with Crippen molar-refractivity contribution in [1.29, 1.82) is 0 Å². The molecule has 2 aromatic heterocycles. The number of hydrogen-bond acceptors (Lipinski definition) is 8. The molecule has 0 N–H and O–H groups in total. The molecule has 1 aliphatic carbocycles. The molecular weight excluding hydrogens is 659 g/mol. The zero-order valence-electron chi connectivity index (χ0n) is 30.3. The largest absolute Gasteiger partial charge is 0.486 e. The molecule has 3 fully saturated rings. The summed E-state index contributed by atoms with van der Waals surface area (Å²) in [7, 11) is 0. The molecule has 270 valence electrons. The lowest BCUT2D eigenvalue weighted by Crippen LogP contribution is -2.24. The third-order valence-corrected chi connectivity index (χ3v) is 10.0. The number of terminal acetylenes is 1. The second-order valence-corrected chi connectivity index (χ2v) is 15.1. The topological polar surface area (TPSA) is 89.8 Å². The van der Waals surface area contributed by atoms with Crippen LogP contribution in [0.25, 0.3) is 32.9 Å².